The number of para-hydroxylation sites is 1. The smallest absolute Gasteiger partial charge is 0.255 e. The lowest BCUT2D eigenvalue weighted by atomic mass is 10.1. The third-order valence-corrected chi connectivity index (χ3v) is 3.57. The third kappa shape index (κ3) is 2.58. The standard InChI is InChI=1S/C17H17N3O/c1-12-6-13(10-19-9-12)11-20-16-5-3-2-4-14(16)7-15(8-18)17(20)21/h2-7,9-10H,8,11,18H2,1H3. The highest BCUT2D eigenvalue weighted by atomic mass is 16.1. The lowest BCUT2D eigenvalue weighted by molar-refractivity contribution is 0.773. The van der Waals surface area contributed by atoms with E-state index in [1.54, 1.807) is 17.0 Å². The second-order valence-corrected chi connectivity index (χ2v) is 5.19. The molecule has 4 nitrogen and oxygen atoms in total. The summed E-state index contributed by atoms with van der Waals surface area (Å²) in [6.07, 6.45) is 3.60. The van der Waals surface area contributed by atoms with E-state index in [4.69, 9.17) is 5.73 Å². The molecular formula is C17H17N3O. The fourth-order valence-electron chi connectivity index (χ4n) is 2.58. The topological polar surface area (TPSA) is 60.9 Å². The zero-order valence-corrected chi connectivity index (χ0v) is 11.9. The van der Waals surface area contributed by atoms with Crippen molar-refractivity contribution in [3.63, 3.8) is 0 Å². The van der Waals surface area contributed by atoms with Gasteiger partial charge in [0.2, 0.25) is 0 Å². The molecule has 0 radical (unpaired) electrons. The molecule has 0 saturated heterocycles. The number of rotatable bonds is 3. The van der Waals surface area contributed by atoms with E-state index in [1.807, 2.05) is 43.3 Å². The zero-order chi connectivity index (χ0) is 14.8. The highest BCUT2D eigenvalue weighted by Crippen LogP contribution is 2.15. The molecule has 3 aromatic rings. The summed E-state index contributed by atoms with van der Waals surface area (Å²) < 4.78 is 1.77. The van der Waals surface area contributed by atoms with Crippen molar-refractivity contribution in [3.8, 4) is 0 Å². The van der Waals surface area contributed by atoms with Gasteiger partial charge in [-0.15, -0.1) is 0 Å². The number of fused-ring (bicyclic) bond motifs is 1. The quantitative estimate of drug-likeness (QED) is 0.799. The molecule has 106 valence electrons. The number of hydrogen-bond acceptors (Lipinski definition) is 3. The number of benzene rings is 1. The first-order chi connectivity index (χ1) is 10.2. The van der Waals surface area contributed by atoms with Gasteiger partial charge >= 0.3 is 0 Å². The maximum atomic E-state index is 12.6. The van der Waals surface area contributed by atoms with Crippen molar-refractivity contribution in [1.82, 2.24) is 9.55 Å². The second-order valence-electron chi connectivity index (χ2n) is 5.19. The van der Waals surface area contributed by atoms with Gasteiger partial charge in [-0.3, -0.25) is 9.78 Å². The van der Waals surface area contributed by atoms with Crippen LogP contribution in [0.1, 0.15) is 16.7 Å². The van der Waals surface area contributed by atoms with E-state index in [0.717, 1.165) is 22.0 Å². The number of aryl methyl sites for hydroxylation is 1. The molecule has 0 bridgehead atoms. The third-order valence-electron chi connectivity index (χ3n) is 3.57. The molecule has 0 aliphatic rings. The van der Waals surface area contributed by atoms with Crippen LogP contribution in [-0.2, 0) is 13.1 Å². The Morgan fingerprint density at radius 1 is 1.19 bits per heavy atom. The maximum Gasteiger partial charge on any atom is 0.255 e. The Kier molecular flexibility index (Phi) is 3.54. The Balaban J connectivity index is 2.20. The Bertz CT molecular complexity index is 852. The van der Waals surface area contributed by atoms with E-state index in [0.29, 0.717) is 12.1 Å². The summed E-state index contributed by atoms with van der Waals surface area (Å²) in [5.74, 6) is 0. The number of nitrogens with two attached hydrogens (primary N) is 1. The fraction of sp³-hybridized carbons (Fsp3) is 0.176. The van der Waals surface area contributed by atoms with E-state index in [9.17, 15) is 4.79 Å². The number of pyridine rings is 2. The molecule has 3 rings (SSSR count). The van der Waals surface area contributed by atoms with Crippen LogP contribution in [0, 0.1) is 6.92 Å². The first kappa shape index (κ1) is 13.5. The summed E-state index contributed by atoms with van der Waals surface area (Å²) in [5.41, 5.74) is 9.32. The molecule has 0 atom stereocenters. The van der Waals surface area contributed by atoms with Crippen LogP contribution in [0.2, 0.25) is 0 Å². The van der Waals surface area contributed by atoms with Crippen LogP contribution in [-0.4, -0.2) is 9.55 Å². The summed E-state index contributed by atoms with van der Waals surface area (Å²) in [7, 11) is 0. The molecule has 4 heteroatoms. The fourth-order valence-corrected chi connectivity index (χ4v) is 2.58. The van der Waals surface area contributed by atoms with Gasteiger partial charge in [-0.05, 0) is 35.6 Å². The lowest BCUT2D eigenvalue weighted by Gasteiger charge is -2.12. The SMILES string of the molecule is Cc1cncc(Cn2c(=O)c(CN)cc3ccccc32)c1. The molecule has 1 aromatic carbocycles. The normalized spacial score (nSPS) is 11.0. The maximum absolute atomic E-state index is 12.6. The van der Waals surface area contributed by atoms with Crippen molar-refractivity contribution >= 4 is 10.9 Å². The highest BCUT2D eigenvalue weighted by Gasteiger charge is 2.08. The molecule has 21 heavy (non-hydrogen) atoms. The predicted molar refractivity (Wildman–Crippen MR) is 84.2 cm³/mol. The average Bonchev–Trinajstić information content (AvgIpc) is 2.50. The minimum Gasteiger partial charge on any atom is -0.326 e. The largest absolute Gasteiger partial charge is 0.326 e. The van der Waals surface area contributed by atoms with Crippen LogP contribution in [0.4, 0.5) is 0 Å². The zero-order valence-electron chi connectivity index (χ0n) is 11.9. The Hall–Kier alpha value is -2.46. The highest BCUT2D eigenvalue weighted by molar-refractivity contribution is 5.79. The summed E-state index contributed by atoms with van der Waals surface area (Å²) in [6, 6.07) is 11.8. The van der Waals surface area contributed by atoms with Gasteiger partial charge in [-0.25, -0.2) is 0 Å². The molecule has 0 saturated carbocycles. The van der Waals surface area contributed by atoms with Gasteiger partial charge in [0.05, 0.1) is 12.1 Å². The number of hydrogen-bond donors (Lipinski definition) is 1. The number of nitrogens with zero attached hydrogens (tertiary/aromatic N) is 2. The molecule has 2 aromatic heterocycles. The first-order valence-corrected chi connectivity index (χ1v) is 6.91. The van der Waals surface area contributed by atoms with Gasteiger partial charge in [0.1, 0.15) is 0 Å². The molecule has 0 amide bonds. The second kappa shape index (κ2) is 5.50. The summed E-state index contributed by atoms with van der Waals surface area (Å²) in [5, 5.41) is 1.03. The van der Waals surface area contributed by atoms with Crippen molar-refractivity contribution in [2.24, 2.45) is 5.73 Å². The van der Waals surface area contributed by atoms with Gasteiger partial charge < -0.3 is 10.3 Å². The molecule has 2 N–H and O–H groups in total. The molecule has 2 heterocycles. The summed E-state index contributed by atoms with van der Waals surface area (Å²) in [4.78, 5) is 16.8. The van der Waals surface area contributed by atoms with Crippen LogP contribution >= 0.6 is 0 Å². The minimum absolute atomic E-state index is 0.0299. The van der Waals surface area contributed by atoms with E-state index < -0.39 is 0 Å². The van der Waals surface area contributed by atoms with Crippen molar-refractivity contribution in [2.75, 3.05) is 0 Å². The number of aromatic nitrogens is 2. The van der Waals surface area contributed by atoms with Crippen molar-refractivity contribution in [2.45, 2.75) is 20.0 Å². The van der Waals surface area contributed by atoms with E-state index in [2.05, 4.69) is 4.98 Å². The van der Waals surface area contributed by atoms with Crippen molar-refractivity contribution in [3.05, 3.63) is 75.8 Å². The van der Waals surface area contributed by atoms with Crippen LogP contribution in [0.5, 0.6) is 0 Å². The van der Waals surface area contributed by atoms with Gasteiger partial charge in [0, 0.05) is 24.5 Å². The van der Waals surface area contributed by atoms with Crippen molar-refractivity contribution in [1.29, 1.82) is 0 Å². The molecule has 0 aliphatic heterocycles. The molecule has 0 spiro atoms. The molecule has 0 aliphatic carbocycles. The van der Waals surface area contributed by atoms with Gasteiger partial charge in [0.25, 0.3) is 5.56 Å². The van der Waals surface area contributed by atoms with Gasteiger partial charge in [0.15, 0.2) is 0 Å². The molecule has 0 fully saturated rings. The predicted octanol–water partition coefficient (Wildman–Crippen LogP) is 2.21. The van der Waals surface area contributed by atoms with Gasteiger partial charge in [-0.2, -0.15) is 0 Å². The Morgan fingerprint density at radius 3 is 2.76 bits per heavy atom. The van der Waals surface area contributed by atoms with E-state index >= 15 is 0 Å². The van der Waals surface area contributed by atoms with Crippen LogP contribution in [0.25, 0.3) is 10.9 Å². The molecule has 0 unspecified atom stereocenters. The van der Waals surface area contributed by atoms with Gasteiger partial charge in [-0.1, -0.05) is 24.3 Å². The average molecular weight is 279 g/mol. The van der Waals surface area contributed by atoms with E-state index in [-0.39, 0.29) is 12.1 Å². The minimum atomic E-state index is -0.0299. The van der Waals surface area contributed by atoms with E-state index in [1.165, 1.54) is 0 Å². The Labute approximate surface area is 122 Å². The Morgan fingerprint density at radius 2 is 2.00 bits per heavy atom. The summed E-state index contributed by atoms with van der Waals surface area (Å²) >= 11 is 0. The van der Waals surface area contributed by atoms with Crippen LogP contribution in [0.15, 0.2) is 53.6 Å². The lowest BCUT2D eigenvalue weighted by Crippen LogP contribution is -2.26. The van der Waals surface area contributed by atoms with Crippen molar-refractivity contribution < 1.29 is 0 Å². The monoisotopic (exact) mass is 279 g/mol. The first-order valence-electron chi connectivity index (χ1n) is 6.91. The van der Waals surface area contributed by atoms with Crippen LogP contribution in [0.3, 0.4) is 0 Å². The van der Waals surface area contributed by atoms with Crippen LogP contribution < -0.4 is 11.3 Å². The molecular weight excluding hydrogens is 262 g/mol. The summed E-state index contributed by atoms with van der Waals surface area (Å²) in [6.45, 7) is 2.74.